The van der Waals surface area contributed by atoms with Gasteiger partial charge in [-0.05, 0) is 60.0 Å². The second-order valence-electron chi connectivity index (χ2n) is 6.15. The van der Waals surface area contributed by atoms with Crippen molar-refractivity contribution >= 4 is 41.0 Å². The third-order valence-electron chi connectivity index (χ3n) is 4.10. The van der Waals surface area contributed by atoms with Crippen molar-refractivity contribution < 1.29 is 23.5 Å². The summed E-state index contributed by atoms with van der Waals surface area (Å²) >= 11 is 6.37. The van der Waals surface area contributed by atoms with Gasteiger partial charge < -0.3 is 9.53 Å². The number of ether oxygens (including phenoxy) is 1. The number of benzene rings is 2. The van der Waals surface area contributed by atoms with Crippen LogP contribution < -0.4 is 14.9 Å². The molecule has 0 radical (unpaired) electrons. The maximum absolute atomic E-state index is 14.4. The Morgan fingerprint density at radius 3 is 2.50 bits per heavy atom. The standard InChI is InChI=1S/C19H16ClFN2O4S/c20-23-13(10-24)7-11-1-4-14(5-2-11)27-16-6-3-12(8-15(16)21)9-17-18(25)22-19(26)28-17/h1-6,8,10,13,17,23H,7,9H2,(H,22,25,26)/t13-,17?/m0/s1. The fourth-order valence-corrected chi connectivity index (χ4v) is 3.67. The summed E-state index contributed by atoms with van der Waals surface area (Å²) in [4.78, 5) is 36.0. The molecule has 3 rings (SSSR count). The molecule has 28 heavy (non-hydrogen) atoms. The molecule has 0 bridgehead atoms. The van der Waals surface area contributed by atoms with Crippen LogP contribution in [0.4, 0.5) is 9.18 Å². The van der Waals surface area contributed by atoms with E-state index in [0.29, 0.717) is 17.7 Å². The Balaban J connectivity index is 1.63. The lowest BCUT2D eigenvalue weighted by Crippen LogP contribution is -2.25. The molecule has 1 saturated heterocycles. The molecule has 146 valence electrons. The number of halogens is 2. The van der Waals surface area contributed by atoms with Crippen LogP contribution in [0.3, 0.4) is 0 Å². The Kier molecular flexibility index (Phi) is 6.66. The lowest BCUT2D eigenvalue weighted by Gasteiger charge is -2.11. The molecule has 0 saturated carbocycles. The van der Waals surface area contributed by atoms with E-state index < -0.39 is 17.1 Å². The number of carbonyl (C=O) groups is 3. The van der Waals surface area contributed by atoms with Gasteiger partial charge in [-0.25, -0.2) is 9.23 Å². The lowest BCUT2D eigenvalue weighted by molar-refractivity contribution is -0.119. The predicted octanol–water partition coefficient (Wildman–Crippen LogP) is 3.37. The molecule has 2 N–H and O–H groups in total. The number of aldehydes is 1. The first-order valence-corrected chi connectivity index (χ1v) is 9.62. The Labute approximate surface area is 169 Å². The van der Waals surface area contributed by atoms with Crippen LogP contribution in [0.15, 0.2) is 42.5 Å². The van der Waals surface area contributed by atoms with Crippen LogP contribution in [-0.2, 0) is 22.4 Å². The largest absolute Gasteiger partial charge is 0.454 e. The van der Waals surface area contributed by atoms with Crippen molar-refractivity contribution in [2.45, 2.75) is 24.1 Å². The van der Waals surface area contributed by atoms with E-state index in [1.807, 2.05) is 0 Å². The third kappa shape index (κ3) is 5.09. The molecule has 2 amide bonds. The number of thioether (sulfide) groups is 1. The molecule has 9 heteroatoms. The first-order chi connectivity index (χ1) is 13.5. The van der Waals surface area contributed by atoms with E-state index in [-0.39, 0.29) is 23.3 Å². The number of rotatable bonds is 8. The molecule has 2 aromatic carbocycles. The summed E-state index contributed by atoms with van der Waals surface area (Å²) < 4.78 is 19.9. The molecular weight excluding hydrogens is 407 g/mol. The molecule has 2 aromatic rings. The van der Waals surface area contributed by atoms with Gasteiger partial charge >= 0.3 is 0 Å². The summed E-state index contributed by atoms with van der Waals surface area (Å²) in [5.41, 5.74) is 1.46. The zero-order valence-corrected chi connectivity index (χ0v) is 16.1. The highest BCUT2D eigenvalue weighted by atomic mass is 35.5. The maximum atomic E-state index is 14.4. The number of hydrogen-bond donors (Lipinski definition) is 2. The summed E-state index contributed by atoms with van der Waals surface area (Å²) in [6.07, 6.45) is 1.39. The second kappa shape index (κ2) is 9.18. The molecule has 0 spiro atoms. The zero-order chi connectivity index (χ0) is 20.1. The smallest absolute Gasteiger partial charge is 0.286 e. The van der Waals surface area contributed by atoms with Crippen molar-refractivity contribution in [3.8, 4) is 11.5 Å². The number of nitrogens with one attached hydrogen (secondary N) is 2. The van der Waals surface area contributed by atoms with Crippen LogP contribution >= 0.6 is 23.5 Å². The zero-order valence-electron chi connectivity index (χ0n) is 14.5. The van der Waals surface area contributed by atoms with E-state index in [1.165, 1.54) is 12.1 Å². The average Bonchev–Trinajstić information content (AvgIpc) is 3.00. The average molecular weight is 423 g/mol. The lowest BCUT2D eigenvalue weighted by atomic mass is 10.1. The van der Waals surface area contributed by atoms with Gasteiger partial charge in [0.1, 0.15) is 12.0 Å². The highest BCUT2D eigenvalue weighted by molar-refractivity contribution is 8.15. The van der Waals surface area contributed by atoms with E-state index in [9.17, 15) is 18.8 Å². The van der Waals surface area contributed by atoms with Gasteiger partial charge in [-0.2, -0.15) is 0 Å². The van der Waals surface area contributed by atoms with Crippen molar-refractivity contribution in [2.24, 2.45) is 0 Å². The van der Waals surface area contributed by atoms with E-state index in [0.717, 1.165) is 23.6 Å². The highest BCUT2D eigenvalue weighted by Gasteiger charge is 2.31. The normalized spacial score (nSPS) is 17.3. The summed E-state index contributed by atoms with van der Waals surface area (Å²) in [5.74, 6) is -0.446. The molecule has 1 unspecified atom stereocenters. The quantitative estimate of drug-likeness (QED) is 0.501. The van der Waals surface area contributed by atoms with Crippen LogP contribution in [0.1, 0.15) is 11.1 Å². The number of hydrogen-bond acceptors (Lipinski definition) is 6. The van der Waals surface area contributed by atoms with Gasteiger partial charge in [0.05, 0.1) is 11.3 Å². The first kappa shape index (κ1) is 20.3. The van der Waals surface area contributed by atoms with E-state index in [1.54, 1.807) is 30.3 Å². The minimum Gasteiger partial charge on any atom is -0.454 e. The van der Waals surface area contributed by atoms with Crippen molar-refractivity contribution in [2.75, 3.05) is 0 Å². The molecule has 2 atom stereocenters. The van der Waals surface area contributed by atoms with Gasteiger partial charge in [0.2, 0.25) is 5.91 Å². The van der Waals surface area contributed by atoms with Crippen LogP contribution in [0, 0.1) is 5.82 Å². The van der Waals surface area contributed by atoms with Crippen LogP contribution in [-0.4, -0.2) is 28.7 Å². The molecule has 1 aliphatic rings. The Bertz CT molecular complexity index is 894. The molecule has 0 aliphatic carbocycles. The fourth-order valence-electron chi connectivity index (χ4n) is 2.68. The van der Waals surface area contributed by atoms with Crippen LogP contribution in [0.5, 0.6) is 11.5 Å². The minimum atomic E-state index is -0.566. The molecule has 0 aromatic heterocycles. The van der Waals surface area contributed by atoms with Crippen molar-refractivity contribution in [1.29, 1.82) is 0 Å². The van der Waals surface area contributed by atoms with Gasteiger partial charge in [0.15, 0.2) is 11.6 Å². The van der Waals surface area contributed by atoms with Gasteiger partial charge in [-0.3, -0.25) is 14.9 Å². The highest BCUT2D eigenvalue weighted by Crippen LogP contribution is 2.28. The Morgan fingerprint density at radius 1 is 1.21 bits per heavy atom. The second-order valence-corrected chi connectivity index (χ2v) is 7.55. The van der Waals surface area contributed by atoms with E-state index in [4.69, 9.17) is 16.5 Å². The number of amides is 2. The monoisotopic (exact) mass is 422 g/mol. The summed E-state index contributed by atoms with van der Waals surface area (Å²) in [6, 6.07) is 10.8. The van der Waals surface area contributed by atoms with Gasteiger partial charge in [0.25, 0.3) is 5.24 Å². The molecule has 1 heterocycles. The van der Waals surface area contributed by atoms with Crippen molar-refractivity contribution in [3.63, 3.8) is 0 Å². The maximum Gasteiger partial charge on any atom is 0.286 e. The van der Waals surface area contributed by atoms with Crippen LogP contribution in [0.25, 0.3) is 0 Å². The number of carbonyl (C=O) groups excluding carboxylic acids is 3. The molecular formula is C19H16ClFN2O4S. The molecule has 6 nitrogen and oxygen atoms in total. The topological polar surface area (TPSA) is 84.5 Å². The van der Waals surface area contributed by atoms with Crippen molar-refractivity contribution in [1.82, 2.24) is 10.2 Å². The summed E-state index contributed by atoms with van der Waals surface area (Å²) in [7, 11) is 0. The summed E-state index contributed by atoms with van der Waals surface area (Å²) in [6.45, 7) is 0. The molecule has 1 aliphatic heterocycles. The summed E-state index contributed by atoms with van der Waals surface area (Å²) in [5, 5.41) is 1.26. The fraction of sp³-hybridized carbons (Fsp3) is 0.211. The number of imide groups is 1. The minimum absolute atomic E-state index is 0.0456. The van der Waals surface area contributed by atoms with E-state index >= 15 is 0 Å². The van der Waals surface area contributed by atoms with Crippen LogP contribution in [0.2, 0.25) is 0 Å². The Hall–Kier alpha value is -2.42. The van der Waals surface area contributed by atoms with Gasteiger partial charge in [-0.15, -0.1) is 0 Å². The predicted molar refractivity (Wildman–Crippen MR) is 104 cm³/mol. The Morgan fingerprint density at radius 2 is 1.93 bits per heavy atom. The third-order valence-corrected chi connectivity index (χ3v) is 5.36. The van der Waals surface area contributed by atoms with Gasteiger partial charge in [-0.1, -0.05) is 30.0 Å². The van der Waals surface area contributed by atoms with E-state index in [2.05, 4.69) is 10.2 Å². The van der Waals surface area contributed by atoms with Crippen molar-refractivity contribution in [3.05, 3.63) is 59.4 Å². The van der Waals surface area contributed by atoms with Gasteiger partial charge in [0, 0.05) is 0 Å². The first-order valence-electron chi connectivity index (χ1n) is 8.36. The molecule has 1 fully saturated rings. The SMILES string of the molecule is O=C[C@H](Cc1ccc(Oc2ccc(CC3SC(=O)NC3=O)cc2F)cc1)NCl.